The molecule has 1 aliphatic carbocycles. The number of fused-ring (bicyclic) bond motifs is 2. The van der Waals surface area contributed by atoms with Crippen molar-refractivity contribution in [3.63, 3.8) is 0 Å². The van der Waals surface area contributed by atoms with Crippen molar-refractivity contribution in [2.45, 2.75) is 26.2 Å². The van der Waals surface area contributed by atoms with Crippen LogP contribution in [0.1, 0.15) is 30.9 Å². The quantitative estimate of drug-likeness (QED) is 0.274. The van der Waals surface area contributed by atoms with Crippen molar-refractivity contribution in [1.29, 1.82) is 0 Å². The van der Waals surface area contributed by atoms with Gasteiger partial charge in [0.2, 0.25) is 0 Å². The number of carbonyl (C=O) groups is 1. The first-order valence-corrected chi connectivity index (χ1v) is 8.66. The van der Waals surface area contributed by atoms with E-state index < -0.39 is 0 Å². The van der Waals surface area contributed by atoms with Crippen LogP contribution in [0.15, 0.2) is 53.7 Å². The van der Waals surface area contributed by atoms with Crippen LogP contribution in [-0.2, 0) is 16.1 Å². The minimum atomic E-state index is -0.378. The molecule has 0 atom stereocenters. The Bertz CT molecular complexity index is 1160. The molecule has 3 heteroatoms. The van der Waals surface area contributed by atoms with Crippen molar-refractivity contribution in [2.75, 3.05) is 0 Å². The van der Waals surface area contributed by atoms with E-state index in [4.69, 9.17) is 4.84 Å². The van der Waals surface area contributed by atoms with Gasteiger partial charge in [0.25, 0.3) is 0 Å². The number of hydrogen-bond acceptors (Lipinski definition) is 3. The van der Waals surface area contributed by atoms with Crippen molar-refractivity contribution in [3.8, 4) is 0 Å². The largest absolute Gasteiger partial charge is 0.331 e. The molecular weight excluding hydrogens is 310 g/mol. The maximum absolute atomic E-state index is 11.1. The number of hydrogen-bond donors (Lipinski definition) is 0. The Balaban J connectivity index is 1.87. The molecule has 25 heavy (non-hydrogen) atoms. The highest BCUT2D eigenvalue weighted by Gasteiger charge is 2.21. The van der Waals surface area contributed by atoms with E-state index in [1.54, 1.807) is 0 Å². The lowest BCUT2D eigenvalue weighted by atomic mass is 9.83. The number of carbonyl (C=O) groups excluding carboxylic acids is 1. The summed E-state index contributed by atoms with van der Waals surface area (Å²) in [4.78, 5) is 16.1. The molecule has 1 aliphatic rings. The van der Waals surface area contributed by atoms with Gasteiger partial charge in [0.1, 0.15) is 0 Å². The lowest BCUT2D eigenvalue weighted by Gasteiger charge is -2.22. The molecule has 0 fully saturated rings. The van der Waals surface area contributed by atoms with Crippen LogP contribution in [0.2, 0.25) is 0 Å². The molecule has 122 valence electrons. The third-order valence-electron chi connectivity index (χ3n) is 5.19. The smallest absolute Gasteiger partial charge is 0.318 e. The summed E-state index contributed by atoms with van der Waals surface area (Å²) in [6.45, 7) is 1.38. The standard InChI is InChI=1S/C22H17NO2/c1-13(24)25-23-20-7-3-6-17-18-11-10-15-5-2-4-14-8-9-16(12-19(17)20)22(18)21(14)15/h2,4-5,8-12H,3,6-7H2,1H3/b23-20+. The molecule has 4 aromatic rings. The van der Waals surface area contributed by atoms with Gasteiger partial charge in [-0.2, -0.15) is 0 Å². The van der Waals surface area contributed by atoms with Crippen molar-refractivity contribution in [3.05, 3.63) is 59.7 Å². The second-order valence-electron chi connectivity index (χ2n) is 6.73. The summed E-state index contributed by atoms with van der Waals surface area (Å²) in [7, 11) is 0. The Kier molecular flexibility index (Phi) is 3.04. The second kappa shape index (κ2) is 5.28. The lowest BCUT2D eigenvalue weighted by molar-refractivity contribution is -0.140. The van der Waals surface area contributed by atoms with Crippen LogP contribution in [0.4, 0.5) is 0 Å². The molecule has 0 radical (unpaired) electrons. The minimum Gasteiger partial charge on any atom is -0.318 e. The van der Waals surface area contributed by atoms with Gasteiger partial charge in [-0.05, 0) is 63.2 Å². The Morgan fingerprint density at radius 3 is 2.52 bits per heavy atom. The molecule has 0 aromatic heterocycles. The molecular formula is C22H17NO2. The van der Waals surface area contributed by atoms with Gasteiger partial charge in [0.05, 0.1) is 5.71 Å². The van der Waals surface area contributed by atoms with Gasteiger partial charge < -0.3 is 4.84 Å². The maximum Gasteiger partial charge on any atom is 0.331 e. The summed E-state index contributed by atoms with van der Waals surface area (Å²) in [5.41, 5.74) is 3.32. The first-order chi connectivity index (χ1) is 12.2. The second-order valence-corrected chi connectivity index (χ2v) is 6.73. The summed E-state index contributed by atoms with van der Waals surface area (Å²) in [5.74, 6) is -0.378. The van der Waals surface area contributed by atoms with Crippen molar-refractivity contribution in [1.82, 2.24) is 0 Å². The zero-order valence-electron chi connectivity index (χ0n) is 14.0. The molecule has 0 bridgehead atoms. The lowest BCUT2D eigenvalue weighted by Crippen LogP contribution is -2.14. The van der Waals surface area contributed by atoms with E-state index in [-0.39, 0.29) is 5.97 Å². The summed E-state index contributed by atoms with van der Waals surface area (Å²) in [5, 5.41) is 11.9. The van der Waals surface area contributed by atoms with E-state index in [0.29, 0.717) is 0 Å². The first kappa shape index (κ1) is 14.4. The predicted octanol–water partition coefficient (Wildman–Crippen LogP) is 5.19. The molecule has 0 saturated heterocycles. The molecule has 0 saturated carbocycles. The van der Waals surface area contributed by atoms with Crippen molar-refractivity contribution in [2.24, 2.45) is 5.16 Å². The van der Waals surface area contributed by atoms with E-state index >= 15 is 0 Å². The van der Waals surface area contributed by atoms with Gasteiger partial charge in [0, 0.05) is 12.5 Å². The first-order valence-electron chi connectivity index (χ1n) is 8.66. The van der Waals surface area contributed by atoms with Crippen molar-refractivity contribution < 1.29 is 9.63 Å². The van der Waals surface area contributed by atoms with Crippen LogP contribution >= 0.6 is 0 Å². The SMILES string of the molecule is CC(=O)O/N=C1\CCCc2c1cc1ccc3cccc4ccc2c1c34. The van der Waals surface area contributed by atoms with Gasteiger partial charge in [-0.15, -0.1) is 0 Å². The molecule has 0 amide bonds. The average Bonchev–Trinajstić information content (AvgIpc) is 2.64. The normalized spacial score (nSPS) is 16.0. The van der Waals surface area contributed by atoms with Gasteiger partial charge in [-0.1, -0.05) is 47.6 Å². The van der Waals surface area contributed by atoms with Crippen molar-refractivity contribution >= 4 is 44.0 Å². The molecule has 0 heterocycles. The van der Waals surface area contributed by atoms with Gasteiger partial charge in [-0.3, -0.25) is 0 Å². The maximum atomic E-state index is 11.1. The van der Waals surface area contributed by atoms with E-state index in [2.05, 4.69) is 53.7 Å². The Morgan fingerprint density at radius 1 is 0.960 bits per heavy atom. The highest BCUT2D eigenvalue weighted by Crippen LogP contribution is 2.39. The van der Waals surface area contributed by atoms with Crippen LogP contribution in [0.3, 0.4) is 0 Å². The fraction of sp³-hybridized carbons (Fsp3) is 0.182. The third-order valence-corrected chi connectivity index (χ3v) is 5.19. The monoisotopic (exact) mass is 327 g/mol. The molecule has 0 unspecified atom stereocenters. The number of nitrogens with zero attached hydrogens (tertiary/aromatic N) is 1. The van der Waals surface area contributed by atoms with E-state index in [0.717, 1.165) is 30.5 Å². The fourth-order valence-corrected chi connectivity index (χ4v) is 4.18. The average molecular weight is 327 g/mol. The van der Waals surface area contributed by atoms with E-state index in [1.165, 1.54) is 44.8 Å². The molecule has 0 aliphatic heterocycles. The number of oxime groups is 1. The Labute approximate surface area is 145 Å². The predicted molar refractivity (Wildman–Crippen MR) is 101 cm³/mol. The zero-order chi connectivity index (χ0) is 17.0. The Hall–Kier alpha value is -2.94. The number of aryl methyl sites for hydroxylation is 1. The highest BCUT2D eigenvalue weighted by atomic mass is 16.7. The molecule has 3 nitrogen and oxygen atoms in total. The Morgan fingerprint density at radius 2 is 1.72 bits per heavy atom. The summed E-state index contributed by atoms with van der Waals surface area (Å²) in [6.07, 6.45) is 2.90. The zero-order valence-corrected chi connectivity index (χ0v) is 14.0. The third kappa shape index (κ3) is 2.12. The van der Waals surface area contributed by atoms with Crippen LogP contribution in [0.25, 0.3) is 32.3 Å². The number of rotatable bonds is 1. The molecule has 4 aromatic carbocycles. The topological polar surface area (TPSA) is 38.7 Å². The summed E-state index contributed by atoms with van der Waals surface area (Å²) >= 11 is 0. The van der Waals surface area contributed by atoms with Crippen LogP contribution in [-0.4, -0.2) is 11.7 Å². The molecule has 5 rings (SSSR count). The van der Waals surface area contributed by atoms with Gasteiger partial charge in [0.15, 0.2) is 0 Å². The molecule has 0 N–H and O–H groups in total. The summed E-state index contributed by atoms with van der Waals surface area (Å²) in [6, 6.07) is 17.5. The molecule has 0 spiro atoms. The van der Waals surface area contributed by atoms with Crippen LogP contribution < -0.4 is 0 Å². The van der Waals surface area contributed by atoms with Gasteiger partial charge in [-0.25, -0.2) is 4.79 Å². The van der Waals surface area contributed by atoms with Crippen LogP contribution in [0.5, 0.6) is 0 Å². The number of benzene rings is 4. The summed E-state index contributed by atoms with van der Waals surface area (Å²) < 4.78 is 0. The fourth-order valence-electron chi connectivity index (χ4n) is 4.18. The minimum absolute atomic E-state index is 0.378. The van der Waals surface area contributed by atoms with E-state index in [1.807, 2.05) is 0 Å². The highest BCUT2D eigenvalue weighted by molar-refractivity contribution is 6.25. The van der Waals surface area contributed by atoms with E-state index in [9.17, 15) is 4.79 Å². The van der Waals surface area contributed by atoms with Crippen LogP contribution in [0, 0.1) is 0 Å². The van der Waals surface area contributed by atoms with Gasteiger partial charge >= 0.3 is 5.97 Å².